The first-order valence-electron chi connectivity index (χ1n) is 13.3. The molecular formula is C29H36BrClN2O5S. The Balaban J connectivity index is 1.74. The van der Waals surface area contributed by atoms with Crippen molar-refractivity contribution in [2.75, 3.05) is 24.7 Å². The van der Waals surface area contributed by atoms with E-state index in [1.54, 1.807) is 35.7 Å². The Labute approximate surface area is 248 Å². The van der Waals surface area contributed by atoms with Crippen molar-refractivity contribution in [1.82, 2.24) is 4.90 Å². The molecule has 0 aliphatic carbocycles. The number of thioether (sulfide) groups is 1. The fraction of sp³-hybridized carbons (Fsp3) is 0.552. The van der Waals surface area contributed by atoms with Gasteiger partial charge in [0.2, 0.25) is 5.91 Å². The number of rotatable bonds is 12. The van der Waals surface area contributed by atoms with Crippen LogP contribution >= 0.6 is 39.3 Å². The number of likely N-dealkylation sites (tertiary alicyclic amines) is 1. The molecule has 3 aliphatic heterocycles. The number of nitrogens with zero attached hydrogens (tertiary/aromatic N) is 2. The van der Waals surface area contributed by atoms with Gasteiger partial charge in [0.05, 0.1) is 46.5 Å². The van der Waals surface area contributed by atoms with Gasteiger partial charge >= 0.3 is 5.97 Å². The third-order valence-corrected chi connectivity index (χ3v) is 11.6. The second-order valence-corrected chi connectivity index (χ2v) is 13.7. The lowest BCUT2D eigenvalue weighted by molar-refractivity contribution is -0.154. The molecule has 0 aromatic heterocycles. The second-order valence-electron chi connectivity index (χ2n) is 10.5. The number of esters is 1. The van der Waals surface area contributed by atoms with Crippen LogP contribution in [0.4, 0.5) is 5.69 Å². The van der Waals surface area contributed by atoms with Crippen molar-refractivity contribution in [2.45, 2.75) is 66.4 Å². The van der Waals surface area contributed by atoms with Gasteiger partial charge in [0, 0.05) is 16.6 Å². The number of hydrogen-bond acceptors (Lipinski definition) is 6. The van der Waals surface area contributed by atoms with Crippen molar-refractivity contribution < 1.29 is 24.2 Å². The van der Waals surface area contributed by atoms with Gasteiger partial charge in [0.1, 0.15) is 6.04 Å². The molecule has 3 unspecified atom stereocenters. The van der Waals surface area contributed by atoms with Crippen molar-refractivity contribution >= 4 is 62.8 Å². The molecule has 3 heterocycles. The molecule has 4 rings (SSSR count). The van der Waals surface area contributed by atoms with Crippen LogP contribution in [-0.4, -0.2) is 74.5 Å². The van der Waals surface area contributed by atoms with Crippen molar-refractivity contribution in [3.63, 3.8) is 0 Å². The normalized spacial score (nSPS) is 29.7. The number of ether oxygens (including phenoxy) is 1. The summed E-state index contributed by atoms with van der Waals surface area (Å²) in [7, 11) is 0. The summed E-state index contributed by atoms with van der Waals surface area (Å²) in [5, 5.41) is 10.4. The number of allylic oxidation sites excluding steroid dienone is 1. The maximum absolute atomic E-state index is 14.6. The van der Waals surface area contributed by atoms with Gasteiger partial charge in [-0.05, 0) is 51.2 Å². The molecule has 7 nitrogen and oxygen atoms in total. The number of anilines is 1. The van der Waals surface area contributed by atoms with Crippen LogP contribution in [0.25, 0.3) is 0 Å². The van der Waals surface area contributed by atoms with Crippen LogP contribution in [0.15, 0.2) is 43.5 Å². The van der Waals surface area contributed by atoms with E-state index in [4.69, 9.17) is 16.3 Å². The highest BCUT2D eigenvalue weighted by molar-refractivity contribution is 9.09. The average Bonchev–Trinajstić information content (AvgIpc) is 3.50. The molecule has 0 saturated carbocycles. The van der Waals surface area contributed by atoms with E-state index in [-0.39, 0.29) is 41.6 Å². The predicted molar refractivity (Wildman–Crippen MR) is 159 cm³/mol. The summed E-state index contributed by atoms with van der Waals surface area (Å²) < 4.78 is 4.83. The monoisotopic (exact) mass is 638 g/mol. The summed E-state index contributed by atoms with van der Waals surface area (Å²) in [5.41, 5.74) is 1.38. The topological polar surface area (TPSA) is 87.1 Å². The van der Waals surface area contributed by atoms with Gasteiger partial charge in [-0.15, -0.1) is 24.9 Å². The molecule has 212 valence electrons. The maximum atomic E-state index is 14.6. The molecule has 3 aliphatic rings. The number of carbonyl (C=O) groups is 3. The fourth-order valence-electron chi connectivity index (χ4n) is 6.37. The summed E-state index contributed by atoms with van der Waals surface area (Å²) >= 11 is 11.9. The number of carbonyl (C=O) groups excluding carboxylic acids is 3. The lowest BCUT2D eigenvalue weighted by Gasteiger charge is -2.39. The highest BCUT2D eigenvalue weighted by Crippen LogP contribution is 2.68. The van der Waals surface area contributed by atoms with E-state index in [0.29, 0.717) is 23.6 Å². The van der Waals surface area contributed by atoms with E-state index in [1.807, 2.05) is 25.1 Å². The van der Waals surface area contributed by atoms with Crippen LogP contribution in [0.5, 0.6) is 0 Å². The molecule has 10 heteroatoms. The van der Waals surface area contributed by atoms with Crippen molar-refractivity contribution in [1.29, 1.82) is 0 Å². The van der Waals surface area contributed by atoms with Gasteiger partial charge in [-0.1, -0.05) is 51.8 Å². The largest absolute Gasteiger partial charge is 0.465 e. The molecule has 39 heavy (non-hydrogen) atoms. The summed E-state index contributed by atoms with van der Waals surface area (Å²) in [5.74, 6) is -2.38. The van der Waals surface area contributed by atoms with Gasteiger partial charge in [0.25, 0.3) is 5.91 Å². The Morgan fingerprint density at radius 2 is 2.10 bits per heavy atom. The van der Waals surface area contributed by atoms with Crippen LogP contribution in [0.2, 0.25) is 5.02 Å². The zero-order valence-corrected chi connectivity index (χ0v) is 25.5. The smallest absolute Gasteiger partial charge is 0.310 e. The van der Waals surface area contributed by atoms with Crippen molar-refractivity contribution in [2.24, 2.45) is 11.8 Å². The lowest BCUT2D eigenvalue weighted by Crippen LogP contribution is -2.57. The molecular weight excluding hydrogens is 604 g/mol. The van der Waals surface area contributed by atoms with Crippen LogP contribution in [0.1, 0.15) is 38.2 Å². The number of alkyl halides is 1. The molecule has 3 fully saturated rings. The number of hydrogen-bond donors (Lipinski definition) is 1. The van der Waals surface area contributed by atoms with Crippen LogP contribution in [-0.2, 0) is 19.1 Å². The van der Waals surface area contributed by atoms with Crippen LogP contribution in [0, 0.1) is 18.8 Å². The summed E-state index contributed by atoms with van der Waals surface area (Å²) in [6.45, 7) is 11.3. The standard InChI is InChI=1S/C29H36BrClN2O5S/c1-5-7-8-9-14-38-28(37)21-22-26(35)33(18(4)16-34)25(29(22)15-19(30)24(21)39-29)27(36)32(13-6-2)23-17(3)11-10-12-20(23)31/h5-6,10-12,18-19,21-22,24-25,34H,1-2,7-9,13-16H2,3-4H3/t18-,19?,21+,22+,24+,25?,29?/m1/s1. The van der Waals surface area contributed by atoms with E-state index in [1.165, 1.54) is 4.90 Å². The lowest BCUT2D eigenvalue weighted by atomic mass is 9.71. The average molecular weight is 640 g/mol. The number of halogens is 2. The summed E-state index contributed by atoms with van der Waals surface area (Å²) in [4.78, 5) is 45.2. The Morgan fingerprint density at radius 1 is 1.36 bits per heavy atom. The number of aliphatic hydroxyl groups is 1. The molecule has 0 radical (unpaired) electrons. The van der Waals surface area contributed by atoms with E-state index in [2.05, 4.69) is 29.1 Å². The minimum absolute atomic E-state index is 0.0700. The van der Waals surface area contributed by atoms with Gasteiger partial charge in [0.15, 0.2) is 0 Å². The number of unbranched alkanes of at least 4 members (excludes halogenated alkanes) is 2. The molecule has 1 aromatic carbocycles. The molecule has 7 atom stereocenters. The zero-order chi connectivity index (χ0) is 28.5. The van der Waals surface area contributed by atoms with E-state index < -0.39 is 34.6 Å². The Bertz CT molecular complexity index is 1130. The van der Waals surface area contributed by atoms with Gasteiger partial charge in [-0.3, -0.25) is 14.4 Å². The number of benzene rings is 1. The molecule has 1 aromatic rings. The SMILES string of the molecule is C=CCCCCOC(=O)[C@H]1[C@H]2C(=O)N([C@H](C)CO)C(C(=O)N(CC=C)c3c(C)cccc3Cl)C23CC(Br)[C@@H]1S3. The predicted octanol–water partition coefficient (Wildman–Crippen LogP) is 4.91. The van der Waals surface area contributed by atoms with Gasteiger partial charge in [-0.2, -0.15) is 0 Å². The van der Waals surface area contributed by atoms with Crippen LogP contribution in [0.3, 0.4) is 0 Å². The van der Waals surface area contributed by atoms with Crippen LogP contribution < -0.4 is 4.90 Å². The Hall–Kier alpha value is -1.81. The zero-order valence-electron chi connectivity index (χ0n) is 22.4. The minimum atomic E-state index is -0.895. The first kappa shape index (κ1) is 30.2. The number of aliphatic hydroxyl groups excluding tert-OH is 1. The van der Waals surface area contributed by atoms with E-state index in [9.17, 15) is 19.5 Å². The molecule has 1 spiro atoms. The highest BCUT2D eigenvalue weighted by Gasteiger charge is 2.76. The summed E-state index contributed by atoms with van der Waals surface area (Å²) in [6, 6.07) is 3.92. The Kier molecular flexibility index (Phi) is 9.56. The molecule has 2 bridgehead atoms. The Morgan fingerprint density at radius 3 is 2.74 bits per heavy atom. The van der Waals surface area contributed by atoms with Gasteiger partial charge in [-0.25, -0.2) is 0 Å². The number of fused-ring (bicyclic) bond motifs is 1. The number of para-hydroxylation sites is 1. The van der Waals surface area contributed by atoms with Gasteiger partial charge < -0.3 is 19.6 Å². The summed E-state index contributed by atoms with van der Waals surface area (Å²) in [6.07, 6.45) is 6.43. The van der Waals surface area contributed by atoms with Crippen molar-refractivity contribution in [3.05, 3.63) is 54.1 Å². The maximum Gasteiger partial charge on any atom is 0.310 e. The minimum Gasteiger partial charge on any atom is -0.465 e. The van der Waals surface area contributed by atoms with E-state index in [0.717, 1.165) is 18.4 Å². The van der Waals surface area contributed by atoms with Crippen molar-refractivity contribution in [3.8, 4) is 0 Å². The molecule has 1 N–H and O–H groups in total. The van der Waals surface area contributed by atoms with E-state index >= 15 is 0 Å². The fourth-order valence-corrected chi connectivity index (χ4v) is 10.3. The second kappa shape index (κ2) is 12.4. The quantitative estimate of drug-likeness (QED) is 0.151. The highest BCUT2D eigenvalue weighted by atomic mass is 79.9. The number of aryl methyl sites for hydroxylation is 1. The third kappa shape index (κ3) is 5.20. The first-order chi connectivity index (χ1) is 18.6. The first-order valence-corrected chi connectivity index (χ1v) is 15.5. The molecule has 2 amide bonds. The number of amides is 2. The third-order valence-electron chi connectivity index (χ3n) is 8.06. The molecule has 3 saturated heterocycles.